The van der Waals surface area contributed by atoms with E-state index in [0.29, 0.717) is 12.2 Å². The molecule has 1 unspecified atom stereocenters. The molecule has 1 atom stereocenters. The Morgan fingerprint density at radius 1 is 1.56 bits per heavy atom. The average Bonchev–Trinajstić information content (AvgIpc) is 2.29. The first-order valence-corrected chi connectivity index (χ1v) is 5.83. The van der Waals surface area contributed by atoms with Crippen LogP contribution in [0.3, 0.4) is 0 Å². The van der Waals surface area contributed by atoms with Gasteiger partial charge < -0.3 is 10.1 Å². The molecular formula is C11H11IN2O2. The highest BCUT2D eigenvalue weighted by Crippen LogP contribution is 2.06. The molecule has 1 rings (SSSR count). The van der Waals surface area contributed by atoms with Gasteiger partial charge in [0.25, 0.3) is 5.91 Å². The van der Waals surface area contributed by atoms with E-state index < -0.39 is 6.23 Å². The number of amides is 1. The highest BCUT2D eigenvalue weighted by molar-refractivity contribution is 14.1. The van der Waals surface area contributed by atoms with Crippen LogP contribution < -0.4 is 5.32 Å². The standard InChI is InChI=1S/C11H11IN2O2/c1-2-16-10(7-13)14-11(15)8-3-5-9(12)6-4-8/h3-6,10H,2H2,1H3,(H,14,15). The topological polar surface area (TPSA) is 62.1 Å². The molecule has 1 aromatic rings. The van der Waals surface area contributed by atoms with Crippen molar-refractivity contribution in [2.45, 2.75) is 13.2 Å². The molecule has 16 heavy (non-hydrogen) atoms. The minimum atomic E-state index is -0.892. The monoisotopic (exact) mass is 330 g/mol. The van der Waals surface area contributed by atoms with Gasteiger partial charge in [0.2, 0.25) is 6.23 Å². The van der Waals surface area contributed by atoms with Crippen molar-refractivity contribution in [3.8, 4) is 6.07 Å². The van der Waals surface area contributed by atoms with Gasteiger partial charge in [0.05, 0.1) is 0 Å². The van der Waals surface area contributed by atoms with Crippen LogP contribution in [0.2, 0.25) is 0 Å². The minimum Gasteiger partial charge on any atom is -0.346 e. The number of hydrogen-bond acceptors (Lipinski definition) is 3. The number of nitrogens with zero attached hydrogens (tertiary/aromatic N) is 1. The zero-order valence-corrected chi connectivity index (χ0v) is 10.9. The third kappa shape index (κ3) is 3.79. The Hall–Kier alpha value is -1.13. The van der Waals surface area contributed by atoms with Gasteiger partial charge in [0.15, 0.2) is 0 Å². The molecule has 4 nitrogen and oxygen atoms in total. The number of rotatable bonds is 4. The number of carbonyl (C=O) groups excluding carboxylic acids is 1. The SMILES string of the molecule is CCOC(C#N)NC(=O)c1ccc(I)cc1. The summed E-state index contributed by atoms with van der Waals surface area (Å²) in [5.74, 6) is -0.309. The fourth-order valence-electron chi connectivity index (χ4n) is 1.08. The second-order valence-corrected chi connectivity index (χ2v) is 4.19. The Labute approximate surface area is 108 Å². The lowest BCUT2D eigenvalue weighted by Gasteiger charge is -2.11. The van der Waals surface area contributed by atoms with Gasteiger partial charge in [-0.1, -0.05) is 0 Å². The summed E-state index contributed by atoms with van der Waals surface area (Å²) in [5.41, 5.74) is 0.514. The summed E-state index contributed by atoms with van der Waals surface area (Å²) in [6.45, 7) is 2.15. The number of ether oxygens (including phenoxy) is 1. The largest absolute Gasteiger partial charge is 0.346 e. The Morgan fingerprint density at radius 3 is 2.69 bits per heavy atom. The Balaban J connectivity index is 2.65. The molecule has 0 spiro atoms. The highest BCUT2D eigenvalue weighted by atomic mass is 127. The lowest BCUT2D eigenvalue weighted by Crippen LogP contribution is -2.35. The molecule has 1 aromatic carbocycles. The predicted molar refractivity (Wildman–Crippen MR) is 67.7 cm³/mol. The maximum atomic E-state index is 11.7. The molecule has 0 aliphatic heterocycles. The first-order valence-electron chi connectivity index (χ1n) is 4.75. The molecule has 5 heteroatoms. The molecule has 0 radical (unpaired) electrons. The number of hydrogen-bond donors (Lipinski definition) is 1. The molecule has 0 fully saturated rings. The Morgan fingerprint density at radius 2 is 2.19 bits per heavy atom. The van der Waals surface area contributed by atoms with Gasteiger partial charge in [-0.2, -0.15) is 5.26 Å². The average molecular weight is 330 g/mol. The van der Waals surface area contributed by atoms with Crippen molar-refractivity contribution in [2.24, 2.45) is 0 Å². The first kappa shape index (κ1) is 12.9. The third-order valence-electron chi connectivity index (χ3n) is 1.82. The van der Waals surface area contributed by atoms with Crippen LogP contribution in [-0.2, 0) is 4.74 Å². The lowest BCUT2D eigenvalue weighted by molar-refractivity contribution is 0.0615. The van der Waals surface area contributed by atoms with Crippen LogP contribution in [0.25, 0.3) is 0 Å². The third-order valence-corrected chi connectivity index (χ3v) is 2.54. The molecule has 0 saturated carbocycles. The van der Waals surface area contributed by atoms with Crippen LogP contribution in [0.15, 0.2) is 24.3 Å². The van der Waals surface area contributed by atoms with Crippen LogP contribution >= 0.6 is 22.6 Å². The summed E-state index contributed by atoms with van der Waals surface area (Å²) < 4.78 is 6.06. The van der Waals surface area contributed by atoms with Crippen molar-refractivity contribution in [1.82, 2.24) is 5.32 Å². The van der Waals surface area contributed by atoms with Gasteiger partial charge in [-0.05, 0) is 53.8 Å². The van der Waals surface area contributed by atoms with Crippen LogP contribution in [0.5, 0.6) is 0 Å². The van der Waals surface area contributed by atoms with Crippen molar-refractivity contribution in [3.63, 3.8) is 0 Å². The van der Waals surface area contributed by atoms with E-state index in [2.05, 4.69) is 27.9 Å². The van der Waals surface area contributed by atoms with Gasteiger partial charge in [-0.25, -0.2) is 0 Å². The van der Waals surface area contributed by atoms with E-state index in [1.807, 2.05) is 18.2 Å². The number of nitrogens with one attached hydrogen (secondary N) is 1. The molecule has 0 bridgehead atoms. The fraction of sp³-hybridized carbons (Fsp3) is 0.273. The van der Waals surface area contributed by atoms with Crippen LogP contribution in [0.4, 0.5) is 0 Å². The minimum absolute atomic E-state index is 0.309. The summed E-state index contributed by atoms with van der Waals surface area (Å²) in [6, 6.07) is 8.93. The van der Waals surface area contributed by atoms with Crippen molar-refractivity contribution in [2.75, 3.05) is 6.61 Å². The molecule has 0 aliphatic rings. The predicted octanol–water partition coefficient (Wildman–Crippen LogP) is 1.91. The molecule has 1 amide bonds. The molecule has 84 valence electrons. The fourth-order valence-corrected chi connectivity index (χ4v) is 1.44. The Kier molecular flexibility index (Phi) is 5.22. The van der Waals surface area contributed by atoms with E-state index in [0.717, 1.165) is 3.57 Å². The first-order chi connectivity index (χ1) is 7.67. The second kappa shape index (κ2) is 6.45. The van der Waals surface area contributed by atoms with Crippen molar-refractivity contribution >= 4 is 28.5 Å². The van der Waals surface area contributed by atoms with Crippen molar-refractivity contribution in [3.05, 3.63) is 33.4 Å². The molecule has 0 aromatic heterocycles. The maximum Gasteiger partial charge on any atom is 0.254 e. The van der Waals surface area contributed by atoms with Gasteiger partial charge >= 0.3 is 0 Å². The van der Waals surface area contributed by atoms with E-state index in [1.54, 1.807) is 19.1 Å². The molecule has 0 heterocycles. The molecule has 0 saturated heterocycles. The van der Waals surface area contributed by atoms with E-state index >= 15 is 0 Å². The zero-order valence-electron chi connectivity index (χ0n) is 8.74. The van der Waals surface area contributed by atoms with Gasteiger partial charge in [-0.15, -0.1) is 0 Å². The smallest absolute Gasteiger partial charge is 0.254 e. The summed E-state index contributed by atoms with van der Waals surface area (Å²) in [7, 11) is 0. The molecular weight excluding hydrogens is 319 g/mol. The van der Waals surface area contributed by atoms with E-state index in [4.69, 9.17) is 10.00 Å². The van der Waals surface area contributed by atoms with E-state index in [9.17, 15) is 4.79 Å². The van der Waals surface area contributed by atoms with Gasteiger partial charge in [0, 0.05) is 15.7 Å². The zero-order chi connectivity index (χ0) is 12.0. The van der Waals surface area contributed by atoms with Gasteiger partial charge in [-0.3, -0.25) is 4.79 Å². The van der Waals surface area contributed by atoms with Crippen LogP contribution in [-0.4, -0.2) is 18.7 Å². The normalized spacial score (nSPS) is 11.6. The lowest BCUT2D eigenvalue weighted by atomic mass is 10.2. The van der Waals surface area contributed by atoms with Crippen molar-refractivity contribution < 1.29 is 9.53 Å². The summed E-state index contributed by atoms with van der Waals surface area (Å²) in [6.07, 6.45) is -0.892. The number of carbonyl (C=O) groups is 1. The van der Waals surface area contributed by atoms with E-state index in [-0.39, 0.29) is 5.91 Å². The molecule has 1 N–H and O–H groups in total. The van der Waals surface area contributed by atoms with Crippen molar-refractivity contribution in [1.29, 1.82) is 5.26 Å². The number of nitriles is 1. The number of benzene rings is 1. The van der Waals surface area contributed by atoms with Gasteiger partial charge in [0.1, 0.15) is 6.07 Å². The summed E-state index contributed by atoms with van der Waals surface area (Å²) >= 11 is 2.16. The maximum absolute atomic E-state index is 11.7. The number of halogens is 1. The summed E-state index contributed by atoms with van der Waals surface area (Å²) in [4.78, 5) is 11.7. The Bertz CT molecular complexity index is 397. The highest BCUT2D eigenvalue weighted by Gasteiger charge is 2.12. The van der Waals surface area contributed by atoms with Crippen LogP contribution in [0.1, 0.15) is 17.3 Å². The van der Waals surface area contributed by atoms with Crippen LogP contribution in [0, 0.1) is 14.9 Å². The summed E-state index contributed by atoms with van der Waals surface area (Å²) in [5, 5.41) is 11.2. The van der Waals surface area contributed by atoms with E-state index in [1.165, 1.54) is 0 Å². The molecule has 0 aliphatic carbocycles. The second-order valence-electron chi connectivity index (χ2n) is 2.94. The quantitative estimate of drug-likeness (QED) is 0.678.